The fraction of sp³-hybridized carbons (Fsp3) is 0.190. The van der Waals surface area contributed by atoms with Gasteiger partial charge in [0.2, 0.25) is 0 Å². The van der Waals surface area contributed by atoms with Crippen LogP contribution in [0.3, 0.4) is 0 Å². The normalized spacial score (nSPS) is 10.5. The van der Waals surface area contributed by atoms with Crippen LogP contribution in [0.25, 0.3) is 0 Å². The molecule has 1 aromatic heterocycles. The van der Waals surface area contributed by atoms with E-state index in [2.05, 4.69) is 33.6 Å². The van der Waals surface area contributed by atoms with E-state index in [-0.39, 0.29) is 11.6 Å². The van der Waals surface area contributed by atoms with Gasteiger partial charge in [0.25, 0.3) is 5.91 Å². The molecule has 3 rings (SSSR count). The van der Waals surface area contributed by atoms with Crippen LogP contribution in [0.2, 0.25) is 0 Å². The molecule has 1 amide bonds. The maximum atomic E-state index is 12.4. The van der Waals surface area contributed by atoms with Gasteiger partial charge in [-0.1, -0.05) is 29.8 Å². The lowest BCUT2D eigenvalue weighted by molar-refractivity contribution is 0.102. The number of amides is 1. The van der Waals surface area contributed by atoms with Gasteiger partial charge in [-0.15, -0.1) is 0 Å². The Kier molecular flexibility index (Phi) is 4.98. The van der Waals surface area contributed by atoms with Gasteiger partial charge >= 0.3 is 0 Å². The first kappa shape index (κ1) is 17.6. The lowest BCUT2D eigenvalue weighted by atomic mass is 10.1. The first-order chi connectivity index (χ1) is 12.4. The summed E-state index contributed by atoms with van der Waals surface area (Å²) in [4.78, 5) is 20.9. The fourth-order valence-corrected chi connectivity index (χ4v) is 2.66. The largest absolute Gasteiger partial charge is 0.339 e. The van der Waals surface area contributed by atoms with E-state index in [0.29, 0.717) is 5.82 Å². The van der Waals surface area contributed by atoms with Gasteiger partial charge in [-0.3, -0.25) is 4.79 Å². The summed E-state index contributed by atoms with van der Waals surface area (Å²) in [5.41, 5.74) is 6.46. The van der Waals surface area contributed by atoms with E-state index in [4.69, 9.17) is 0 Å². The summed E-state index contributed by atoms with van der Waals surface area (Å²) in [7, 11) is 0. The van der Waals surface area contributed by atoms with Crippen LogP contribution in [-0.2, 0) is 0 Å². The summed E-state index contributed by atoms with van der Waals surface area (Å²) in [5, 5.41) is 6.12. The predicted molar refractivity (Wildman–Crippen MR) is 105 cm³/mol. The molecule has 1 heterocycles. The number of carbonyl (C=O) groups excluding carboxylic acids is 1. The summed E-state index contributed by atoms with van der Waals surface area (Å²) < 4.78 is 0. The Morgan fingerprint density at radius 2 is 1.54 bits per heavy atom. The van der Waals surface area contributed by atoms with Gasteiger partial charge in [-0.05, 0) is 56.5 Å². The van der Waals surface area contributed by atoms with Crippen molar-refractivity contribution in [2.75, 3.05) is 10.6 Å². The van der Waals surface area contributed by atoms with Crippen molar-refractivity contribution in [1.82, 2.24) is 9.97 Å². The maximum absolute atomic E-state index is 12.4. The summed E-state index contributed by atoms with van der Waals surface area (Å²) in [5.74, 6) is 0.324. The van der Waals surface area contributed by atoms with Crippen LogP contribution in [0.4, 0.5) is 17.2 Å². The van der Waals surface area contributed by atoms with Crippen molar-refractivity contribution < 1.29 is 4.79 Å². The van der Waals surface area contributed by atoms with Crippen LogP contribution < -0.4 is 10.6 Å². The topological polar surface area (TPSA) is 66.9 Å². The number of anilines is 3. The summed E-state index contributed by atoms with van der Waals surface area (Å²) >= 11 is 0. The molecular weight excluding hydrogens is 324 g/mol. The highest BCUT2D eigenvalue weighted by Gasteiger charge is 2.10. The Bertz CT molecular complexity index is 949. The summed E-state index contributed by atoms with van der Waals surface area (Å²) in [6, 6.07) is 12.1. The number of aromatic nitrogens is 2. The maximum Gasteiger partial charge on any atom is 0.275 e. The Morgan fingerprint density at radius 3 is 2.23 bits per heavy atom. The van der Waals surface area contributed by atoms with Crippen molar-refractivity contribution in [3.05, 3.63) is 76.7 Å². The standard InChI is InChI=1S/C21H22N4O/c1-13-6-8-17(16(4)9-13)24-20-12-22-19(11-23-20)21(26)25-18-10-14(2)5-7-15(18)3/h5-12H,1-4H3,(H,23,24)(H,25,26). The quantitative estimate of drug-likeness (QED) is 0.718. The summed E-state index contributed by atoms with van der Waals surface area (Å²) in [6.07, 6.45) is 3.05. The minimum absolute atomic E-state index is 0.274. The number of hydrogen-bond donors (Lipinski definition) is 2. The molecule has 0 unspecified atom stereocenters. The highest BCUT2D eigenvalue weighted by Crippen LogP contribution is 2.20. The highest BCUT2D eigenvalue weighted by atomic mass is 16.1. The molecule has 132 valence electrons. The van der Waals surface area contributed by atoms with Gasteiger partial charge in [0.1, 0.15) is 11.5 Å². The molecule has 3 aromatic rings. The number of hydrogen-bond acceptors (Lipinski definition) is 4. The fourth-order valence-electron chi connectivity index (χ4n) is 2.66. The number of rotatable bonds is 4. The average Bonchev–Trinajstić information content (AvgIpc) is 2.61. The van der Waals surface area contributed by atoms with E-state index < -0.39 is 0 Å². The van der Waals surface area contributed by atoms with Gasteiger partial charge < -0.3 is 10.6 Å². The molecule has 0 aliphatic rings. The first-order valence-electron chi connectivity index (χ1n) is 8.47. The third-order valence-corrected chi connectivity index (χ3v) is 4.17. The Labute approximate surface area is 153 Å². The molecule has 0 atom stereocenters. The molecule has 2 N–H and O–H groups in total. The van der Waals surface area contributed by atoms with E-state index >= 15 is 0 Å². The van der Waals surface area contributed by atoms with Crippen molar-refractivity contribution in [2.24, 2.45) is 0 Å². The molecule has 0 bridgehead atoms. The monoisotopic (exact) mass is 346 g/mol. The molecule has 0 spiro atoms. The van der Waals surface area contributed by atoms with Crippen LogP contribution in [0.1, 0.15) is 32.7 Å². The predicted octanol–water partition coefficient (Wildman–Crippen LogP) is 4.71. The van der Waals surface area contributed by atoms with Crippen LogP contribution in [-0.4, -0.2) is 15.9 Å². The number of benzene rings is 2. The smallest absolute Gasteiger partial charge is 0.275 e. The SMILES string of the molecule is Cc1ccc(Nc2cnc(C(=O)Nc3cc(C)ccc3C)cn2)c(C)c1. The molecule has 0 saturated heterocycles. The zero-order valence-electron chi connectivity index (χ0n) is 15.4. The molecule has 0 radical (unpaired) electrons. The molecule has 5 nitrogen and oxygen atoms in total. The van der Waals surface area contributed by atoms with Crippen molar-refractivity contribution in [1.29, 1.82) is 0 Å². The summed E-state index contributed by atoms with van der Waals surface area (Å²) in [6.45, 7) is 8.04. The molecule has 5 heteroatoms. The highest BCUT2D eigenvalue weighted by molar-refractivity contribution is 6.03. The second-order valence-corrected chi connectivity index (χ2v) is 6.50. The molecule has 0 aliphatic carbocycles. The van der Waals surface area contributed by atoms with Crippen LogP contribution in [0.15, 0.2) is 48.8 Å². The van der Waals surface area contributed by atoms with E-state index in [0.717, 1.165) is 28.1 Å². The van der Waals surface area contributed by atoms with Crippen molar-refractivity contribution in [3.63, 3.8) is 0 Å². The van der Waals surface area contributed by atoms with Crippen molar-refractivity contribution >= 4 is 23.1 Å². The first-order valence-corrected chi connectivity index (χ1v) is 8.47. The lowest BCUT2D eigenvalue weighted by Crippen LogP contribution is -2.15. The Hall–Kier alpha value is -3.21. The minimum Gasteiger partial charge on any atom is -0.339 e. The Balaban J connectivity index is 1.72. The number of nitrogens with zero attached hydrogens (tertiary/aromatic N) is 2. The second kappa shape index (κ2) is 7.35. The van der Waals surface area contributed by atoms with Gasteiger partial charge in [0.15, 0.2) is 0 Å². The van der Waals surface area contributed by atoms with Crippen LogP contribution >= 0.6 is 0 Å². The minimum atomic E-state index is -0.274. The van der Waals surface area contributed by atoms with E-state index in [1.165, 1.54) is 11.8 Å². The third kappa shape index (κ3) is 4.06. The number of nitrogens with one attached hydrogen (secondary N) is 2. The molecule has 26 heavy (non-hydrogen) atoms. The van der Waals surface area contributed by atoms with Crippen LogP contribution in [0.5, 0.6) is 0 Å². The van der Waals surface area contributed by atoms with Crippen LogP contribution in [0, 0.1) is 27.7 Å². The van der Waals surface area contributed by atoms with Gasteiger partial charge in [0.05, 0.1) is 12.4 Å². The second-order valence-electron chi connectivity index (χ2n) is 6.50. The van der Waals surface area contributed by atoms with Gasteiger partial charge in [-0.25, -0.2) is 9.97 Å². The van der Waals surface area contributed by atoms with Gasteiger partial charge in [-0.2, -0.15) is 0 Å². The van der Waals surface area contributed by atoms with E-state index in [1.807, 2.05) is 51.1 Å². The molecule has 0 aliphatic heterocycles. The third-order valence-electron chi connectivity index (χ3n) is 4.17. The average molecular weight is 346 g/mol. The number of aryl methyl sites for hydroxylation is 4. The van der Waals surface area contributed by atoms with Gasteiger partial charge in [0, 0.05) is 11.4 Å². The molecular formula is C21H22N4O. The molecule has 2 aromatic carbocycles. The van der Waals surface area contributed by atoms with Crippen molar-refractivity contribution in [2.45, 2.75) is 27.7 Å². The zero-order valence-corrected chi connectivity index (χ0v) is 15.4. The lowest BCUT2D eigenvalue weighted by Gasteiger charge is -2.11. The number of carbonyl (C=O) groups is 1. The van der Waals surface area contributed by atoms with Crippen molar-refractivity contribution in [3.8, 4) is 0 Å². The van der Waals surface area contributed by atoms with E-state index in [1.54, 1.807) is 6.20 Å². The Morgan fingerprint density at radius 1 is 0.808 bits per heavy atom. The zero-order chi connectivity index (χ0) is 18.7. The van der Waals surface area contributed by atoms with E-state index in [9.17, 15) is 4.79 Å². The molecule has 0 fully saturated rings. The molecule has 0 saturated carbocycles.